The molecule has 0 aliphatic heterocycles. The highest BCUT2D eigenvalue weighted by Crippen LogP contribution is 2.38. The molecule has 0 spiro atoms. The van der Waals surface area contributed by atoms with E-state index in [4.69, 9.17) is 16.0 Å². The number of alkyl halides is 1. The van der Waals surface area contributed by atoms with E-state index in [2.05, 4.69) is 23.6 Å². The Hall–Kier alpha value is -1.25. The molecule has 86 valence electrons. The molecular formula is C14H11ClOS. The summed E-state index contributed by atoms with van der Waals surface area (Å²) in [6, 6.07) is 10.3. The van der Waals surface area contributed by atoms with Gasteiger partial charge in [-0.1, -0.05) is 18.2 Å². The van der Waals surface area contributed by atoms with Crippen LogP contribution in [0.4, 0.5) is 0 Å². The Morgan fingerprint density at radius 2 is 2.00 bits per heavy atom. The van der Waals surface area contributed by atoms with Crippen LogP contribution in [0, 0.1) is 6.92 Å². The van der Waals surface area contributed by atoms with Crippen LogP contribution in [-0.4, -0.2) is 0 Å². The fourth-order valence-corrected chi connectivity index (χ4v) is 3.49. The molecule has 0 fully saturated rings. The second-order valence-corrected chi connectivity index (χ2v) is 5.33. The first-order chi connectivity index (χ1) is 8.27. The zero-order valence-corrected chi connectivity index (χ0v) is 10.9. The number of fused-ring (bicyclic) bond motifs is 1. The maximum atomic E-state index is 6.55. The highest BCUT2D eigenvalue weighted by molar-refractivity contribution is 7.17. The molecule has 0 N–H and O–H groups in total. The van der Waals surface area contributed by atoms with Crippen molar-refractivity contribution in [3.05, 3.63) is 58.9 Å². The van der Waals surface area contributed by atoms with E-state index in [1.165, 1.54) is 10.1 Å². The van der Waals surface area contributed by atoms with E-state index in [1.807, 2.05) is 19.1 Å². The van der Waals surface area contributed by atoms with Crippen molar-refractivity contribution in [3.63, 3.8) is 0 Å². The lowest BCUT2D eigenvalue weighted by Crippen LogP contribution is -1.91. The molecule has 0 bridgehead atoms. The third-order valence-corrected chi connectivity index (χ3v) is 4.41. The number of furan rings is 1. The molecular weight excluding hydrogens is 252 g/mol. The Bertz CT molecular complexity index is 653. The molecule has 3 rings (SSSR count). The second-order valence-electron chi connectivity index (χ2n) is 3.98. The van der Waals surface area contributed by atoms with E-state index in [9.17, 15) is 0 Å². The van der Waals surface area contributed by atoms with Crippen molar-refractivity contribution in [3.8, 4) is 0 Å². The molecule has 2 aromatic heterocycles. The van der Waals surface area contributed by atoms with E-state index in [0.717, 1.165) is 16.9 Å². The highest BCUT2D eigenvalue weighted by atomic mass is 35.5. The van der Waals surface area contributed by atoms with Crippen LogP contribution in [-0.2, 0) is 0 Å². The molecule has 3 heteroatoms. The van der Waals surface area contributed by atoms with Crippen LogP contribution in [0.1, 0.15) is 22.3 Å². The van der Waals surface area contributed by atoms with E-state index in [1.54, 1.807) is 17.6 Å². The Balaban J connectivity index is 2.13. The summed E-state index contributed by atoms with van der Waals surface area (Å²) in [7, 11) is 0. The normalized spacial score (nSPS) is 13.1. The van der Waals surface area contributed by atoms with Crippen LogP contribution in [0.25, 0.3) is 10.1 Å². The van der Waals surface area contributed by atoms with Gasteiger partial charge in [-0.3, -0.25) is 0 Å². The number of benzene rings is 1. The zero-order chi connectivity index (χ0) is 11.8. The summed E-state index contributed by atoms with van der Waals surface area (Å²) in [5.41, 5.74) is 2.21. The highest BCUT2D eigenvalue weighted by Gasteiger charge is 2.18. The van der Waals surface area contributed by atoms with Gasteiger partial charge < -0.3 is 4.42 Å². The van der Waals surface area contributed by atoms with Crippen molar-refractivity contribution >= 4 is 33.0 Å². The van der Waals surface area contributed by atoms with E-state index >= 15 is 0 Å². The van der Waals surface area contributed by atoms with Crippen LogP contribution >= 0.6 is 22.9 Å². The van der Waals surface area contributed by atoms with Gasteiger partial charge in [0, 0.05) is 10.3 Å². The van der Waals surface area contributed by atoms with Gasteiger partial charge in [0.05, 0.1) is 11.6 Å². The van der Waals surface area contributed by atoms with Gasteiger partial charge >= 0.3 is 0 Å². The summed E-state index contributed by atoms with van der Waals surface area (Å²) >= 11 is 8.28. The first kappa shape index (κ1) is 10.9. The molecule has 0 amide bonds. The number of hydrogen-bond acceptors (Lipinski definition) is 2. The molecule has 0 aliphatic carbocycles. The summed E-state index contributed by atoms with van der Waals surface area (Å²) in [6.45, 7) is 1.94. The van der Waals surface area contributed by atoms with Gasteiger partial charge in [-0.2, -0.15) is 0 Å². The number of halogens is 1. The number of aryl methyl sites for hydroxylation is 1. The Labute approximate surface area is 109 Å². The van der Waals surface area contributed by atoms with Crippen molar-refractivity contribution in [1.82, 2.24) is 0 Å². The lowest BCUT2D eigenvalue weighted by molar-refractivity contribution is 0.530. The van der Waals surface area contributed by atoms with E-state index < -0.39 is 0 Å². The van der Waals surface area contributed by atoms with Gasteiger partial charge in [-0.25, -0.2) is 0 Å². The van der Waals surface area contributed by atoms with Crippen LogP contribution in [0.5, 0.6) is 0 Å². The Morgan fingerprint density at radius 1 is 1.18 bits per heavy atom. The second kappa shape index (κ2) is 4.21. The monoisotopic (exact) mass is 262 g/mol. The summed E-state index contributed by atoms with van der Waals surface area (Å²) in [5, 5.41) is 3.23. The molecule has 1 unspecified atom stereocenters. The minimum Gasteiger partial charge on any atom is -0.469 e. The standard InChI is InChI=1S/C14H11ClOS/c1-9-10(6-7-16-9)14(15)12-8-17-13-5-3-2-4-11(12)13/h2-8,14H,1H3. The summed E-state index contributed by atoms with van der Waals surface area (Å²) in [5.74, 6) is 0.889. The fraction of sp³-hybridized carbons (Fsp3) is 0.143. The van der Waals surface area contributed by atoms with Crippen molar-refractivity contribution in [2.24, 2.45) is 0 Å². The maximum absolute atomic E-state index is 6.55. The summed E-state index contributed by atoms with van der Waals surface area (Å²) in [4.78, 5) is 0. The minimum atomic E-state index is -0.134. The molecule has 1 nitrogen and oxygen atoms in total. The van der Waals surface area contributed by atoms with Gasteiger partial charge in [-0.05, 0) is 35.4 Å². The maximum Gasteiger partial charge on any atom is 0.105 e. The summed E-state index contributed by atoms with van der Waals surface area (Å²) < 4.78 is 6.59. The average molecular weight is 263 g/mol. The van der Waals surface area contributed by atoms with Gasteiger partial charge in [0.15, 0.2) is 0 Å². The molecule has 2 heterocycles. The predicted octanol–water partition coefficient (Wildman–Crippen LogP) is 5.13. The first-order valence-electron chi connectivity index (χ1n) is 5.41. The molecule has 1 atom stereocenters. The lowest BCUT2D eigenvalue weighted by atomic mass is 10.0. The molecule has 17 heavy (non-hydrogen) atoms. The Kier molecular flexibility index (Phi) is 2.69. The van der Waals surface area contributed by atoms with Crippen molar-refractivity contribution in [2.45, 2.75) is 12.3 Å². The minimum absolute atomic E-state index is 0.134. The molecule has 1 aromatic carbocycles. The van der Waals surface area contributed by atoms with Crippen LogP contribution in [0.15, 0.2) is 46.4 Å². The number of thiophene rings is 1. The lowest BCUT2D eigenvalue weighted by Gasteiger charge is -2.07. The van der Waals surface area contributed by atoms with E-state index in [0.29, 0.717) is 0 Å². The third kappa shape index (κ3) is 1.78. The van der Waals surface area contributed by atoms with Crippen molar-refractivity contribution in [2.75, 3.05) is 0 Å². The third-order valence-electron chi connectivity index (χ3n) is 2.96. The smallest absolute Gasteiger partial charge is 0.105 e. The van der Waals surface area contributed by atoms with Gasteiger partial charge in [-0.15, -0.1) is 22.9 Å². The van der Waals surface area contributed by atoms with E-state index in [-0.39, 0.29) is 5.38 Å². The topological polar surface area (TPSA) is 13.1 Å². The molecule has 0 aliphatic rings. The number of hydrogen-bond donors (Lipinski definition) is 0. The summed E-state index contributed by atoms with van der Waals surface area (Å²) in [6.07, 6.45) is 1.69. The SMILES string of the molecule is Cc1occc1C(Cl)c1csc2ccccc12. The molecule has 3 aromatic rings. The van der Waals surface area contributed by atoms with Gasteiger partial charge in [0.25, 0.3) is 0 Å². The van der Waals surface area contributed by atoms with Crippen LogP contribution < -0.4 is 0 Å². The molecule has 0 saturated heterocycles. The van der Waals surface area contributed by atoms with Crippen LogP contribution in [0.2, 0.25) is 0 Å². The predicted molar refractivity (Wildman–Crippen MR) is 73.0 cm³/mol. The largest absolute Gasteiger partial charge is 0.469 e. The average Bonchev–Trinajstić information content (AvgIpc) is 2.94. The van der Waals surface area contributed by atoms with Crippen LogP contribution in [0.3, 0.4) is 0 Å². The fourth-order valence-electron chi connectivity index (χ4n) is 2.02. The first-order valence-corrected chi connectivity index (χ1v) is 6.73. The van der Waals surface area contributed by atoms with Crippen molar-refractivity contribution < 1.29 is 4.42 Å². The quantitative estimate of drug-likeness (QED) is 0.584. The molecule has 0 saturated carbocycles. The van der Waals surface area contributed by atoms with Crippen molar-refractivity contribution in [1.29, 1.82) is 0 Å². The molecule has 0 radical (unpaired) electrons. The van der Waals surface area contributed by atoms with Gasteiger partial charge in [0.1, 0.15) is 5.76 Å². The zero-order valence-electron chi connectivity index (χ0n) is 9.31. The van der Waals surface area contributed by atoms with Gasteiger partial charge in [0.2, 0.25) is 0 Å². The number of rotatable bonds is 2. The Morgan fingerprint density at radius 3 is 2.76 bits per heavy atom.